The van der Waals surface area contributed by atoms with E-state index in [0.29, 0.717) is 12.4 Å². The molecule has 0 radical (unpaired) electrons. The number of hydrogen-bond donors (Lipinski definition) is 2. The molecule has 1 heterocycles. The van der Waals surface area contributed by atoms with Crippen LogP contribution in [0, 0.1) is 0 Å². The molecule has 0 amide bonds. The molecular formula is C13H18ClNO4. The van der Waals surface area contributed by atoms with Crippen LogP contribution < -0.4 is 10.1 Å². The van der Waals surface area contributed by atoms with Crippen LogP contribution in [0.1, 0.15) is 28.4 Å². The summed E-state index contributed by atoms with van der Waals surface area (Å²) >= 11 is 0. The van der Waals surface area contributed by atoms with Gasteiger partial charge in [-0.2, -0.15) is 0 Å². The molecule has 1 unspecified atom stereocenters. The summed E-state index contributed by atoms with van der Waals surface area (Å²) in [6.07, 6.45) is 0.956. The Balaban J connectivity index is 0.00000180. The van der Waals surface area contributed by atoms with Crippen LogP contribution in [0.4, 0.5) is 0 Å². The molecule has 1 aliphatic rings. The van der Waals surface area contributed by atoms with Gasteiger partial charge in [-0.05, 0) is 31.2 Å². The Morgan fingerprint density at radius 2 is 2.32 bits per heavy atom. The van der Waals surface area contributed by atoms with Gasteiger partial charge >= 0.3 is 5.97 Å². The van der Waals surface area contributed by atoms with Crippen LogP contribution in [0.25, 0.3) is 0 Å². The second-order valence-electron chi connectivity index (χ2n) is 4.20. The average molecular weight is 288 g/mol. The lowest BCUT2D eigenvalue weighted by atomic mass is 10.0. The summed E-state index contributed by atoms with van der Waals surface area (Å²) in [5.74, 6) is -0.253. The maximum Gasteiger partial charge on any atom is 0.335 e. The Labute approximate surface area is 118 Å². The Kier molecular flexibility index (Phi) is 6.08. The van der Waals surface area contributed by atoms with Gasteiger partial charge in [-0.15, -0.1) is 12.4 Å². The molecule has 2 N–H and O–H groups in total. The predicted molar refractivity (Wildman–Crippen MR) is 73.4 cm³/mol. The van der Waals surface area contributed by atoms with Gasteiger partial charge < -0.3 is 19.9 Å². The summed E-state index contributed by atoms with van der Waals surface area (Å²) in [6.45, 7) is 2.11. The Morgan fingerprint density at radius 1 is 1.53 bits per heavy atom. The van der Waals surface area contributed by atoms with Gasteiger partial charge in [0, 0.05) is 12.2 Å². The SMILES string of the molecule is COc1ccc(C(=O)O)cc1C1COCCCN1.Cl. The van der Waals surface area contributed by atoms with Crippen LogP contribution in [0.3, 0.4) is 0 Å². The molecule has 0 bridgehead atoms. The molecule has 1 fully saturated rings. The minimum Gasteiger partial charge on any atom is -0.496 e. The number of hydrogen-bond acceptors (Lipinski definition) is 4. The number of methoxy groups -OCH3 is 1. The van der Waals surface area contributed by atoms with Crippen LogP contribution in [0.15, 0.2) is 18.2 Å². The van der Waals surface area contributed by atoms with Crippen molar-refractivity contribution in [3.8, 4) is 5.75 Å². The first-order valence-electron chi connectivity index (χ1n) is 5.94. The van der Waals surface area contributed by atoms with Crippen LogP contribution in [0.5, 0.6) is 5.75 Å². The number of carboxylic acids is 1. The highest BCUT2D eigenvalue weighted by Gasteiger charge is 2.19. The summed E-state index contributed by atoms with van der Waals surface area (Å²) < 4.78 is 10.8. The summed E-state index contributed by atoms with van der Waals surface area (Å²) in [4.78, 5) is 11.0. The van der Waals surface area contributed by atoms with Crippen molar-refractivity contribution in [2.24, 2.45) is 0 Å². The molecule has 6 heteroatoms. The average Bonchev–Trinajstić information content (AvgIpc) is 2.66. The number of nitrogens with one attached hydrogen (secondary N) is 1. The van der Waals surface area contributed by atoms with Crippen molar-refractivity contribution in [3.05, 3.63) is 29.3 Å². The van der Waals surface area contributed by atoms with Gasteiger partial charge in [-0.25, -0.2) is 4.79 Å². The maximum atomic E-state index is 11.0. The molecule has 0 spiro atoms. The van der Waals surface area contributed by atoms with Crippen molar-refractivity contribution in [3.63, 3.8) is 0 Å². The number of rotatable bonds is 3. The third-order valence-electron chi connectivity index (χ3n) is 2.99. The fraction of sp³-hybridized carbons (Fsp3) is 0.462. The molecular weight excluding hydrogens is 270 g/mol. The Bertz CT molecular complexity index is 431. The van der Waals surface area contributed by atoms with Gasteiger partial charge in [0.2, 0.25) is 0 Å². The molecule has 1 aromatic rings. The first-order chi connectivity index (χ1) is 8.72. The minimum atomic E-state index is -0.937. The maximum absolute atomic E-state index is 11.0. The van der Waals surface area contributed by atoms with E-state index in [-0.39, 0.29) is 24.0 Å². The van der Waals surface area contributed by atoms with Gasteiger partial charge in [-0.3, -0.25) is 0 Å². The second-order valence-corrected chi connectivity index (χ2v) is 4.20. The van der Waals surface area contributed by atoms with Crippen LogP contribution in [-0.2, 0) is 4.74 Å². The zero-order valence-corrected chi connectivity index (χ0v) is 11.5. The molecule has 0 aliphatic carbocycles. The van der Waals surface area contributed by atoms with Crippen molar-refractivity contribution in [2.75, 3.05) is 26.9 Å². The minimum absolute atomic E-state index is 0. The van der Waals surface area contributed by atoms with Crippen molar-refractivity contribution in [1.82, 2.24) is 5.32 Å². The predicted octanol–water partition coefficient (Wildman–Crippen LogP) is 1.87. The van der Waals surface area contributed by atoms with Crippen molar-refractivity contribution in [2.45, 2.75) is 12.5 Å². The number of aromatic carboxylic acids is 1. The van der Waals surface area contributed by atoms with E-state index in [0.717, 1.165) is 25.1 Å². The molecule has 1 atom stereocenters. The van der Waals surface area contributed by atoms with Crippen LogP contribution in [0.2, 0.25) is 0 Å². The van der Waals surface area contributed by atoms with E-state index in [1.54, 1.807) is 25.3 Å². The van der Waals surface area contributed by atoms with Crippen LogP contribution >= 0.6 is 12.4 Å². The second kappa shape index (κ2) is 7.33. The van der Waals surface area contributed by atoms with Gasteiger partial charge in [0.05, 0.1) is 25.3 Å². The standard InChI is InChI=1S/C13H17NO4.ClH/c1-17-12-4-3-9(13(15)16)7-10(12)11-8-18-6-2-5-14-11;/h3-4,7,11,14H,2,5-6,8H2,1H3,(H,15,16);1H. The quantitative estimate of drug-likeness (QED) is 0.888. The first-order valence-corrected chi connectivity index (χ1v) is 5.94. The number of carboxylic acid groups (broad SMARTS) is 1. The lowest BCUT2D eigenvalue weighted by Gasteiger charge is -2.19. The van der Waals surface area contributed by atoms with Gasteiger partial charge in [0.1, 0.15) is 5.75 Å². The summed E-state index contributed by atoms with van der Waals surface area (Å²) in [7, 11) is 1.58. The zero-order chi connectivity index (χ0) is 13.0. The fourth-order valence-corrected chi connectivity index (χ4v) is 2.05. The monoisotopic (exact) mass is 287 g/mol. The van der Waals surface area contributed by atoms with Gasteiger partial charge in [-0.1, -0.05) is 0 Å². The van der Waals surface area contributed by atoms with Crippen LogP contribution in [-0.4, -0.2) is 37.9 Å². The number of ether oxygens (including phenoxy) is 2. The fourth-order valence-electron chi connectivity index (χ4n) is 2.05. The topological polar surface area (TPSA) is 67.8 Å². The smallest absolute Gasteiger partial charge is 0.335 e. The van der Waals surface area contributed by atoms with Crippen molar-refractivity contribution in [1.29, 1.82) is 0 Å². The highest BCUT2D eigenvalue weighted by atomic mass is 35.5. The van der Waals surface area contributed by atoms with E-state index in [2.05, 4.69) is 5.32 Å². The molecule has 19 heavy (non-hydrogen) atoms. The largest absolute Gasteiger partial charge is 0.496 e. The molecule has 5 nitrogen and oxygen atoms in total. The molecule has 1 aromatic carbocycles. The van der Waals surface area contributed by atoms with Gasteiger partial charge in [0.15, 0.2) is 0 Å². The zero-order valence-electron chi connectivity index (χ0n) is 10.7. The molecule has 2 rings (SSSR count). The van der Waals surface area contributed by atoms with E-state index in [1.165, 1.54) is 0 Å². The summed E-state index contributed by atoms with van der Waals surface area (Å²) in [6, 6.07) is 4.85. The molecule has 1 saturated heterocycles. The number of carbonyl (C=O) groups is 1. The molecule has 106 valence electrons. The van der Waals surface area contributed by atoms with E-state index >= 15 is 0 Å². The highest BCUT2D eigenvalue weighted by Crippen LogP contribution is 2.27. The molecule has 0 aromatic heterocycles. The highest BCUT2D eigenvalue weighted by molar-refractivity contribution is 5.88. The van der Waals surface area contributed by atoms with E-state index in [4.69, 9.17) is 14.6 Å². The van der Waals surface area contributed by atoms with E-state index < -0.39 is 5.97 Å². The third-order valence-corrected chi connectivity index (χ3v) is 2.99. The van der Waals surface area contributed by atoms with Crippen molar-refractivity contribution >= 4 is 18.4 Å². The van der Waals surface area contributed by atoms with E-state index in [1.807, 2.05) is 0 Å². The molecule has 0 saturated carbocycles. The molecule has 1 aliphatic heterocycles. The normalized spacial score (nSPS) is 19.1. The Morgan fingerprint density at radius 3 is 3.00 bits per heavy atom. The van der Waals surface area contributed by atoms with Gasteiger partial charge in [0.25, 0.3) is 0 Å². The first kappa shape index (κ1) is 15.8. The summed E-state index contributed by atoms with van der Waals surface area (Å²) in [5.41, 5.74) is 1.09. The van der Waals surface area contributed by atoms with Crippen molar-refractivity contribution < 1.29 is 19.4 Å². The number of benzene rings is 1. The summed E-state index contributed by atoms with van der Waals surface area (Å²) in [5, 5.41) is 12.4. The Hall–Kier alpha value is -1.30. The lowest BCUT2D eigenvalue weighted by molar-refractivity contribution is 0.0696. The third kappa shape index (κ3) is 3.83. The van der Waals surface area contributed by atoms with E-state index in [9.17, 15) is 4.79 Å². The lowest BCUT2D eigenvalue weighted by Crippen LogP contribution is -2.24. The number of halogens is 1.